The molecule has 64 heavy (non-hydrogen) atoms. The number of carbonyl (C=O) groups is 2. The van der Waals surface area contributed by atoms with Crippen LogP contribution in [-0.4, -0.2) is 139 Å². The molecule has 0 bridgehead atoms. The van der Waals surface area contributed by atoms with E-state index >= 15 is 0 Å². The minimum Gasteiger partial charge on any atom is -0.508 e. The number of aromatic nitrogens is 4. The van der Waals surface area contributed by atoms with Gasteiger partial charge in [-0.25, -0.2) is 24.3 Å². The fraction of sp³-hybridized carbons (Fsp3) is 0.390. The number of anilines is 1. The summed E-state index contributed by atoms with van der Waals surface area (Å²) in [5, 5.41) is 47.2. The predicted octanol–water partition coefficient (Wildman–Crippen LogP) is 2.21. The summed E-state index contributed by atoms with van der Waals surface area (Å²) >= 11 is 0. The molecule has 8 N–H and O–H groups in total. The number of hydrogen-bond acceptors (Lipinski definition) is 18. The molecule has 5 aromatic rings. The van der Waals surface area contributed by atoms with Gasteiger partial charge in [0.15, 0.2) is 28.8 Å². The number of carbonyl (C=O) groups excluding carboxylic acids is 2. The highest BCUT2D eigenvalue weighted by Gasteiger charge is 2.55. The Bertz CT molecular complexity index is 2500. The number of nitrogens with one attached hydrogen (secondary N) is 2. The number of aliphatic hydroxyl groups is 2. The van der Waals surface area contributed by atoms with Crippen molar-refractivity contribution in [3.05, 3.63) is 95.1 Å². The smallest absolute Gasteiger partial charge is 0.469 e. The maximum absolute atomic E-state index is 13.6. The number of nitrogens with zero attached hydrogens (tertiary/aromatic N) is 4. The van der Waals surface area contributed by atoms with E-state index in [0.717, 1.165) is 0 Å². The summed E-state index contributed by atoms with van der Waals surface area (Å²) in [6, 6.07) is 13.9. The van der Waals surface area contributed by atoms with E-state index in [-0.39, 0.29) is 40.7 Å². The largest absolute Gasteiger partial charge is 0.508 e. The highest BCUT2D eigenvalue weighted by molar-refractivity contribution is 7.46. The highest BCUT2D eigenvalue weighted by atomic mass is 31.2. The number of phosphoric ester groups is 1. The molecule has 3 aliphatic rings. The van der Waals surface area contributed by atoms with E-state index < -0.39 is 56.4 Å². The standard InChI is InChI=1S/C41H45N6O16P/c48-23-6-8-26-29(18-23)61-30-19-24(49)7-9-27(30)41(26)28-5-1-4-25(32(28)40(53)63-41)38(52)43-11-3-13-58-15-17-59-16-14-57-12-2-10-42-36-33-37(45-21-44-36)47(22-46-33)39-35(51)34(50)31(62-39)20-60-64(54,55)56/h1,4-9,18-19,21-22,31,34-35,39,48-51H,2-3,10-17,20H2,(H,43,52)(H,42,44,45)(H2,54,55,56)/t31-,34-,35-,39-/m1/s1. The summed E-state index contributed by atoms with van der Waals surface area (Å²) in [7, 11) is -4.81. The van der Waals surface area contributed by atoms with Gasteiger partial charge in [0.1, 0.15) is 47.6 Å². The second-order valence-corrected chi connectivity index (χ2v) is 16.1. The third-order valence-electron chi connectivity index (χ3n) is 10.7. The molecule has 3 aromatic carbocycles. The van der Waals surface area contributed by atoms with Crippen molar-refractivity contribution < 1.29 is 77.3 Å². The van der Waals surface area contributed by atoms with E-state index in [1.54, 1.807) is 30.3 Å². The van der Waals surface area contributed by atoms with Crippen molar-refractivity contribution in [2.24, 2.45) is 0 Å². The van der Waals surface area contributed by atoms with Gasteiger partial charge in [-0.2, -0.15) is 0 Å². The second kappa shape index (κ2) is 19.1. The summed E-state index contributed by atoms with van der Waals surface area (Å²) in [5.74, 6) is -0.384. The van der Waals surface area contributed by atoms with Crippen LogP contribution in [0.25, 0.3) is 11.2 Å². The lowest BCUT2D eigenvalue weighted by atomic mass is 9.77. The fourth-order valence-electron chi connectivity index (χ4n) is 7.77. The molecular weight excluding hydrogens is 863 g/mol. The number of phenols is 2. The van der Waals surface area contributed by atoms with Gasteiger partial charge in [0.2, 0.25) is 0 Å². The third-order valence-corrected chi connectivity index (χ3v) is 11.2. The molecule has 0 aliphatic carbocycles. The van der Waals surface area contributed by atoms with Crippen LogP contribution >= 0.6 is 7.82 Å². The molecule has 1 amide bonds. The molecule has 0 saturated carbocycles. The van der Waals surface area contributed by atoms with Crippen molar-refractivity contribution in [1.29, 1.82) is 0 Å². The van der Waals surface area contributed by atoms with Crippen LogP contribution in [0.4, 0.5) is 5.82 Å². The number of amides is 1. The number of rotatable bonds is 20. The van der Waals surface area contributed by atoms with E-state index in [1.807, 2.05) is 0 Å². The molecule has 2 aromatic heterocycles. The first-order valence-electron chi connectivity index (χ1n) is 20.2. The van der Waals surface area contributed by atoms with Gasteiger partial charge in [-0.1, -0.05) is 12.1 Å². The van der Waals surface area contributed by atoms with Crippen LogP contribution in [0.3, 0.4) is 0 Å². The Morgan fingerprint density at radius 3 is 2.16 bits per heavy atom. The molecule has 1 fully saturated rings. The molecule has 23 heteroatoms. The van der Waals surface area contributed by atoms with Gasteiger partial charge < -0.3 is 69.3 Å². The topological polar surface area (TPSA) is 305 Å². The Morgan fingerprint density at radius 1 is 0.828 bits per heavy atom. The van der Waals surface area contributed by atoms with Crippen LogP contribution in [0, 0.1) is 0 Å². The minimum atomic E-state index is -4.81. The number of fused-ring (bicyclic) bond motifs is 7. The first kappa shape index (κ1) is 44.8. The highest BCUT2D eigenvalue weighted by Crippen LogP contribution is 2.57. The molecule has 1 saturated heterocycles. The van der Waals surface area contributed by atoms with Crippen molar-refractivity contribution in [1.82, 2.24) is 24.8 Å². The quantitative estimate of drug-likeness (QED) is 0.0315. The summed E-state index contributed by atoms with van der Waals surface area (Å²) in [5.41, 5.74) is 0.799. The van der Waals surface area contributed by atoms with Gasteiger partial charge in [0, 0.05) is 55.1 Å². The maximum Gasteiger partial charge on any atom is 0.469 e. The fourth-order valence-corrected chi connectivity index (χ4v) is 8.11. The molecule has 0 unspecified atom stereocenters. The second-order valence-electron chi connectivity index (χ2n) is 14.9. The zero-order chi connectivity index (χ0) is 45.0. The number of phosphoric acid groups is 1. The molecule has 0 radical (unpaired) electrons. The predicted molar refractivity (Wildman–Crippen MR) is 220 cm³/mol. The van der Waals surface area contributed by atoms with Crippen LogP contribution in [0.1, 0.15) is 56.5 Å². The first-order chi connectivity index (χ1) is 30.9. The van der Waals surface area contributed by atoms with Gasteiger partial charge in [-0.3, -0.25) is 13.9 Å². The van der Waals surface area contributed by atoms with Crippen LogP contribution in [0.2, 0.25) is 0 Å². The van der Waals surface area contributed by atoms with Gasteiger partial charge >= 0.3 is 13.8 Å². The third kappa shape index (κ3) is 9.24. The van der Waals surface area contributed by atoms with Gasteiger partial charge in [-0.05, 0) is 43.2 Å². The van der Waals surface area contributed by atoms with E-state index in [2.05, 4.69) is 30.1 Å². The summed E-state index contributed by atoms with van der Waals surface area (Å²) in [4.78, 5) is 57.7. The molecule has 3 aliphatic heterocycles. The van der Waals surface area contributed by atoms with Crippen LogP contribution in [0.15, 0.2) is 67.3 Å². The lowest BCUT2D eigenvalue weighted by molar-refractivity contribution is -0.0504. The number of ether oxygens (including phenoxy) is 6. The van der Waals surface area contributed by atoms with Crippen LogP contribution in [-0.2, 0) is 38.4 Å². The molecule has 5 heterocycles. The minimum absolute atomic E-state index is 0.0625. The maximum atomic E-state index is 13.6. The summed E-state index contributed by atoms with van der Waals surface area (Å²) < 4.78 is 51.5. The molecule has 8 rings (SSSR count). The molecular formula is C41H45N6O16P. The number of benzene rings is 3. The van der Waals surface area contributed by atoms with Crippen molar-refractivity contribution in [3.8, 4) is 23.0 Å². The molecule has 1 spiro atoms. The van der Waals surface area contributed by atoms with Crippen molar-refractivity contribution >= 4 is 36.7 Å². The van der Waals surface area contributed by atoms with E-state index in [0.29, 0.717) is 92.7 Å². The molecule has 340 valence electrons. The van der Waals surface area contributed by atoms with Crippen molar-refractivity contribution in [3.63, 3.8) is 0 Å². The first-order valence-corrected chi connectivity index (χ1v) is 21.7. The Morgan fingerprint density at radius 2 is 1.48 bits per heavy atom. The van der Waals surface area contributed by atoms with E-state index in [9.17, 15) is 34.6 Å². The zero-order valence-corrected chi connectivity index (χ0v) is 34.8. The number of aliphatic hydroxyl groups excluding tert-OH is 2. The average Bonchev–Trinajstić information content (AvgIpc) is 3.92. The molecule has 4 atom stereocenters. The summed E-state index contributed by atoms with van der Waals surface area (Å²) in [6.07, 6.45) is -1.49. The number of esters is 1. The van der Waals surface area contributed by atoms with Crippen molar-refractivity contribution in [2.45, 2.75) is 43.0 Å². The molecule has 22 nitrogen and oxygen atoms in total. The average molecular weight is 909 g/mol. The van der Waals surface area contributed by atoms with Gasteiger partial charge in [-0.15, -0.1) is 0 Å². The lowest BCUT2D eigenvalue weighted by Crippen LogP contribution is -2.33. The monoisotopic (exact) mass is 908 g/mol. The number of imidazole rings is 1. The van der Waals surface area contributed by atoms with E-state index in [1.165, 1.54) is 41.5 Å². The van der Waals surface area contributed by atoms with Gasteiger partial charge in [0.25, 0.3) is 5.91 Å². The SMILES string of the molecule is O=C(NCCCOCCOCCOCCCNc1ncnc2c1ncn2[C@@H]1O[C@H](COP(=O)(O)O)[C@@H](O)[C@H]1O)c1cccc2c1C(=O)OC21c2ccc(O)cc2Oc2cc(O)ccc21. The lowest BCUT2D eigenvalue weighted by Gasteiger charge is -2.36. The van der Waals surface area contributed by atoms with Gasteiger partial charge in [0.05, 0.1) is 50.5 Å². The number of hydrogen-bond donors (Lipinski definition) is 8. The van der Waals surface area contributed by atoms with E-state index in [4.69, 9.17) is 38.2 Å². The van der Waals surface area contributed by atoms with Crippen LogP contribution in [0.5, 0.6) is 23.0 Å². The normalized spacial score (nSPS) is 19.5. The van der Waals surface area contributed by atoms with Crippen LogP contribution < -0.4 is 15.4 Å². The number of phenolic OH excluding ortho intramolecular Hbond substituents is 2. The summed E-state index contributed by atoms with van der Waals surface area (Å²) in [6.45, 7) is 2.30. The number of aromatic hydroxyl groups is 2. The zero-order valence-electron chi connectivity index (χ0n) is 33.9. The Kier molecular flexibility index (Phi) is 13.4. The Hall–Kier alpha value is -5.78. The van der Waals surface area contributed by atoms with Crippen molar-refractivity contribution in [2.75, 3.05) is 64.7 Å². The Labute approximate surface area is 363 Å². The Balaban J connectivity index is 0.712.